The van der Waals surface area contributed by atoms with Crippen molar-refractivity contribution >= 4 is 11.5 Å². The van der Waals surface area contributed by atoms with Crippen LogP contribution in [0.4, 0.5) is 5.69 Å². The molecule has 4 heteroatoms. The summed E-state index contributed by atoms with van der Waals surface area (Å²) >= 11 is 0. The minimum absolute atomic E-state index is 0.00991. The second-order valence-electron chi connectivity index (χ2n) is 2.74. The lowest BCUT2D eigenvalue weighted by molar-refractivity contribution is 0.0985. The summed E-state index contributed by atoms with van der Waals surface area (Å²) in [5.74, 6) is -0.0708. The lowest BCUT2D eigenvalue weighted by Gasteiger charge is -2.02. The molecule has 4 nitrogen and oxygen atoms in total. The van der Waals surface area contributed by atoms with Crippen LogP contribution >= 0.6 is 0 Å². The van der Waals surface area contributed by atoms with Crippen LogP contribution in [-0.4, -0.2) is 17.4 Å². The lowest BCUT2D eigenvalue weighted by Crippen LogP contribution is -2.08. The highest BCUT2D eigenvalue weighted by Crippen LogP contribution is 2.20. The Bertz CT molecular complexity index is 323. The van der Waals surface area contributed by atoms with Gasteiger partial charge in [-0.15, -0.1) is 0 Å². The van der Waals surface area contributed by atoms with Crippen LogP contribution in [0.5, 0.6) is 5.75 Å². The van der Waals surface area contributed by atoms with Gasteiger partial charge in [0.15, 0.2) is 5.78 Å². The molecule has 0 spiro atoms. The van der Waals surface area contributed by atoms with Crippen molar-refractivity contribution in [1.29, 1.82) is 0 Å². The number of anilines is 1. The first-order chi connectivity index (χ1) is 6.15. The molecule has 70 valence electrons. The molecule has 0 bridgehead atoms. The SMILES string of the molecule is NCCC(=O)c1ccc(O)c(N)c1. The van der Waals surface area contributed by atoms with E-state index in [0.29, 0.717) is 18.5 Å². The number of hydrogen-bond donors (Lipinski definition) is 3. The molecule has 0 aliphatic rings. The van der Waals surface area contributed by atoms with E-state index in [1.807, 2.05) is 0 Å². The minimum atomic E-state index is -0.0609. The zero-order valence-electron chi connectivity index (χ0n) is 7.16. The molecule has 0 unspecified atom stereocenters. The third-order valence-electron chi connectivity index (χ3n) is 1.72. The quantitative estimate of drug-likeness (QED) is 0.359. The summed E-state index contributed by atoms with van der Waals surface area (Å²) in [5, 5.41) is 9.09. The van der Waals surface area contributed by atoms with Crippen LogP contribution in [0, 0.1) is 0 Å². The number of nitrogen functional groups attached to an aromatic ring is 1. The normalized spacial score (nSPS) is 9.92. The van der Waals surface area contributed by atoms with Crippen LogP contribution < -0.4 is 11.5 Å². The van der Waals surface area contributed by atoms with E-state index in [2.05, 4.69) is 0 Å². The summed E-state index contributed by atoms with van der Waals surface area (Å²) in [6, 6.07) is 4.39. The number of hydrogen-bond acceptors (Lipinski definition) is 4. The number of ketones is 1. The molecule has 0 saturated heterocycles. The van der Waals surface area contributed by atoms with Crippen molar-refractivity contribution in [2.75, 3.05) is 12.3 Å². The number of nitrogens with two attached hydrogens (primary N) is 2. The maximum atomic E-state index is 11.3. The maximum Gasteiger partial charge on any atom is 0.164 e. The second-order valence-corrected chi connectivity index (χ2v) is 2.74. The van der Waals surface area contributed by atoms with E-state index in [1.54, 1.807) is 0 Å². The van der Waals surface area contributed by atoms with Crippen LogP contribution in [0.2, 0.25) is 0 Å². The summed E-state index contributed by atoms with van der Waals surface area (Å²) in [7, 11) is 0. The third kappa shape index (κ3) is 2.19. The average Bonchev–Trinajstić information content (AvgIpc) is 2.10. The fourth-order valence-corrected chi connectivity index (χ4v) is 1.00. The van der Waals surface area contributed by atoms with E-state index in [1.165, 1.54) is 18.2 Å². The van der Waals surface area contributed by atoms with E-state index in [4.69, 9.17) is 16.6 Å². The first kappa shape index (κ1) is 9.54. The number of carbonyl (C=O) groups is 1. The number of benzene rings is 1. The van der Waals surface area contributed by atoms with Crippen molar-refractivity contribution in [3.8, 4) is 5.75 Å². The van der Waals surface area contributed by atoms with Crippen LogP contribution in [0.25, 0.3) is 0 Å². The lowest BCUT2D eigenvalue weighted by atomic mass is 10.1. The average molecular weight is 180 g/mol. The Labute approximate surface area is 76.2 Å². The molecular formula is C9H12N2O2. The molecule has 1 aromatic rings. The topological polar surface area (TPSA) is 89.3 Å². The fourth-order valence-electron chi connectivity index (χ4n) is 1.00. The Balaban J connectivity index is 2.90. The van der Waals surface area contributed by atoms with Gasteiger partial charge in [0.05, 0.1) is 5.69 Å². The molecule has 0 aliphatic heterocycles. The van der Waals surface area contributed by atoms with Gasteiger partial charge >= 0.3 is 0 Å². The van der Waals surface area contributed by atoms with Gasteiger partial charge in [-0.2, -0.15) is 0 Å². The molecule has 1 aromatic carbocycles. The van der Waals surface area contributed by atoms with Crippen molar-refractivity contribution in [2.24, 2.45) is 5.73 Å². The number of carbonyl (C=O) groups excluding carboxylic acids is 1. The van der Waals surface area contributed by atoms with Crippen LogP contribution in [0.15, 0.2) is 18.2 Å². The molecule has 0 fully saturated rings. The Morgan fingerprint density at radius 2 is 2.15 bits per heavy atom. The van der Waals surface area contributed by atoms with Crippen LogP contribution in [-0.2, 0) is 0 Å². The summed E-state index contributed by atoms with van der Waals surface area (Å²) in [6.45, 7) is 0.319. The van der Waals surface area contributed by atoms with Crippen LogP contribution in [0.3, 0.4) is 0 Å². The molecule has 0 atom stereocenters. The molecule has 0 radical (unpaired) electrons. The Kier molecular flexibility index (Phi) is 2.87. The van der Waals surface area contributed by atoms with E-state index in [-0.39, 0.29) is 17.2 Å². The van der Waals surface area contributed by atoms with Crippen molar-refractivity contribution in [3.05, 3.63) is 23.8 Å². The maximum absolute atomic E-state index is 11.3. The molecule has 0 saturated carbocycles. The van der Waals surface area contributed by atoms with Gasteiger partial charge in [-0.1, -0.05) is 0 Å². The highest BCUT2D eigenvalue weighted by atomic mass is 16.3. The summed E-state index contributed by atoms with van der Waals surface area (Å²) in [6.07, 6.45) is 0.296. The van der Waals surface area contributed by atoms with Gasteiger partial charge in [-0.05, 0) is 24.7 Å². The number of Topliss-reactive ketones (excluding diaryl/α,β-unsaturated/α-hetero) is 1. The fraction of sp³-hybridized carbons (Fsp3) is 0.222. The minimum Gasteiger partial charge on any atom is -0.506 e. The predicted molar refractivity (Wildman–Crippen MR) is 50.5 cm³/mol. The van der Waals surface area contributed by atoms with Crippen LogP contribution in [0.1, 0.15) is 16.8 Å². The molecule has 0 aliphatic carbocycles. The molecule has 5 N–H and O–H groups in total. The molecule has 0 aromatic heterocycles. The van der Waals surface area contributed by atoms with Crippen molar-refractivity contribution < 1.29 is 9.90 Å². The molecular weight excluding hydrogens is 168 g/mol. The Morgan fingerprint density at radius 1 is 1.46 bits per heavy atom. The first-order valence-corrected chi connectivity index (χ1v) is 3.97. The number of phenols is 1. The smallest absolute Gasteiger partial charge is 0.164 e. The third-order valence-corrected chi connectivity index (χ3v) is 1.72. The first-order valence-electron chi connectivity index (χ1n) is 3.97. The highest BCUT2D eigenvalue weighted by molar-refractivity contribution is 5.97. The van der Waals surface area contributed by atoms with Gasteiger partial charge in [0.1, 0.15) is 5.75 Å². The van der Waals surface area contributed by atoms with Gasteiger partial charge in [0.2, 0.25) is 0 Å². The highest BCUT2D eigenvalue weighted by Gasteiger charge is 2.06. The van der Waals surface area contributed by atoms with Gasteiger partial charge in [-0.25, -0.2) is 0 Å². The van der Waals surface area contributed by atoms with Gasteiger partial charge in [-0.3, -0.25) is 4.79 Å². The second kappa shape index (κ2) is 3.91. The summed E-state index contributed by atoms with van der Waals surface area (Å²) in [5.41, 5.74) is 11.4. The number of phenolic OH excluding ortho intramolecular Hbond substituents is 1. The zero-order valence-corrected chi connectivity index (χ0v) is 7.16. The van der Waals surface area contributed by atoms with Gasteiger partial charge in [0.25, 0.3) is 0 Å². The Morgan fingerprint density at radius 3 is 2.69 bits per heavy atom. The van der Waals surface area contributed by atoms with Crippen molar-refractivity contribution in [2.45, 2.75) is 6.42 Å². The standard InChI is InChI=1S/C9H12N2O2/c10-4-3-8(12)6-1-2-9(13)7(11)5-6/h1-2,5,13H,3-4,10-11H2. The summed E-state index contributed by atoms with van der Waals surface area (Å²) < 4.78 is 0. The summed E-state index contributed by atoms with van der Waals surface area (Å²) in [4.78, 5) is 11.3. The predicted octanol–water partition coefficient (Wildman–Crippen LogP) is 0.506. The van der Waals surface area contributed by atoms with Crippen molar-refractivity contribution in [1.82, 2.24) is 0 Å². The van der Waals surface area contributed by atoms with E-state index < -0.39 is 0 Å². The van der Waals surface area contributed by atoms with E-state index >= 15 is 0 Å². The van der Waals surface area contributed by atoms with E-state index in [9.17, 15) is 4.79 Å². The van der Waals surface area contributed by atoms with Gasteiger partial charge < -0.3 is 16.6 Å². The van der Waals surface area contributed by atoms with Crippen molar-refractivity contribution in [3.63, 3.8) is 0 Å². The number of aromatic hydroxyl groups is 1. The molecule has 0 amide bonds. The van der Waals surface area contributed by atoms with E-state index in [0.717, 1.165) is 0 Å². The zero-order chi connectivity index (χ0) is 9.84. The molecule has 0 heterocycles. The largest absolute Gasteiger partial charge is 0.506 e. The molecule has 13 heavy (non-hydrogen) atoms. The number of rotatable bonds is 3. The van der Waals surface area contributed by atoms with Gasteiger partial charge in [0, 0.05) is 12.0 Å². The monoisotopic (exact) mass is 180 g/mol. The molecule has 1 rings (SSSR count). The Hall–Kier alpha value is -1.55.